The minimum atomic E-state index is -3.54. The molecule has 0 bridgehead atoms. The molecule has 0 spiro atoms. The number of hydrogen-bond acceptors (Lipinski definition) is 4. The van der Waals surface area contributed by atoms with Gasteiger partial charge in [-0.25, -0.2) is 23.1 Å². The molecule has 0 saturated carbocycles. The minimum absolute atomic E-state index is 0.0777. The fraction of sp³-hybridized carbons (Fsp3) is 0.333. The molecule has 0 aliphatic carbocycles. The summed E-state index contributed by atoms with van der Waals surface area (Å²) < 4.78 is 26.1. The Morgan fingerprint density at radius 3 is 2.82 bits per heavy atom. The number of aromatic nitrogens is 4. The van der Waals surface area contributed by atoms with Gasteiger partial charge in [-0.1, -0.05) is 6.92 Å². The average molecular weight is 255 g/mol. The van der Waals surface area contributed by atoms with Crippen LogP contribution in [0.1, 0.15) is 18.4 Å². The number of H-pyrrole nitrogens is 2. The quantitative estimate of drug-likeness (QED) is 0.708. The molecular weight excluding hydrogens is 242 g/mol. The third kappa shape index (κ3) is 2.71. The summed E-state index contributed by atoms with van der Waals surface area (Å²) in [5.41, 5.74) is 0.698. The largest absolute Gasteiger partial charge is 0.347 e. The van der Waals surface area contributed by atoms with Crippen molar-refractivity contribution in [2.75, 3.05) is 0 Å². The van der Waals surface area contributed by atoms with E-state index in [0.29, 0.717) is 17.9 Å². The molecule has 0 aromatic carbocycles. The molecule has 0 saturated heterocycles. The molecule has 0 atom stereocenters. The van der Waals surface area contributed by atoms with Crippen LogP contribution in [0.25, 0.3) is 0 Å². The van der Waals surface area contributed by atoms with Gasteiger partial charge in [-0.2, -0.15) is 0 Å². The Balaban J connectivity index is 2.08. The van der Waals surface area contributed by atoms with E-state index in [2.05, 4.69) is 24.7 Å². The van der Waals surface area contributed by atoms with Gasteiger partial charge >= 0.3 is 0 Å². The van der Waals surface area contributed by atoms with E-state index < -0.39 is 10.0 Å². The molecule has 0 aliphatic rings. The SMILES string of the molecule is CCc1ncc(S(=O)(=O)NCc2cnc[nH]2)[nH]1. The number of nitrogens with one attached hydrogen (secondary N) is 3. The second-order valence-corrected chi connectivity index (χ2v) is 5.18. The third-order valence-corrected chi connectivity index (χ3v) is 3.55. The summed E-state index contributed by atoms with van der Waals surface area (Å²) >= 11 is 0. The van der Waals surface area contributed by atoms with E-state index in [1.165, 1.54) is 12.5 Å². The van der Waals surface area contributed by atoms with Crippen molar-refractivity contribution in [1.29, 1.82) is 0 Å². The summed E-state index contributed by atoms with van der Waals surface area (Å²) in [5.74, 6) is 0.645. The molecule has 0 radical (unpaired) electrons. The van der Waals surface area contributed by atoms with Gasteiger partial charge in [0.05, 0.1) is 19.1 Å². The van der Waals surface area contributed by atoms with Gasteiger partial charge in [-0.05, 0) is 0 Å². The zero-order chi connectivity index (χ0) is 12.3. The first-order chi connectivity index (χ1) is 8.12. The lowest BCUT2D eigenvalue weighted by atomic mass is 10.5. The van der Waals surface area contributed by atoms with E-state index in [-0.39, 0.29) is 11.6 Å². The third-order valence-electron chi connectivity index (χ3n) is 2.24. The highest BCUT2D eigenvalue weighted by molar-refractivity contribution is 7.89. The van der Waals surface area contributed by atoms with Crippen molar-refractivity contribution >= 4 is 10.0 Å². The molecule has 2 aromatic rings. The maximum absolute atomic E-state index is 11.8. The van der Waals surface area contributed by atoms with Gasteiger partial charge in [0.15, 0.2) is 5.03 Å². The lowest BCUT2D eigenvalue weighted by Gasteiger charge is -2.02. The van der Waals surface area contributed by atoms with Gasteiger partial charge in [-0.3, -0.25) is 0 Å². The van der Waals surface area contributed by atoms with Gasteiger partial charge in [0.25, 0.3) is 10.0 Å². The van der Waals surface area contributed by atoms with Crippen LogP contribution in [0.3, 0.4) is 0 Å². The molecule has 3 N–H and O–H groups in total. The van der Waals surface area contributed by atoms with E-state index in [0.717, 1.165) is 0 Å². The zero-order valence-corrected chi connectivity index (χ0v) is 10.1. The first kappa shape index (κ1) is 11.8. The van der Waals surface area contributed by atoms with Gasteiger partial charge in [0, 0.05) is 18.3 Å². The van der Waals surface area contributed by atoms with Crippen LogP contribution in [0.2, 0.25) is 0 Å². The molecule has 2 heterocycles. The van der Waals surface area contributed by atoms with E-state index in [1.807, 2.05) is 6.92 Å². The molecule has 7 nitrogen and oxygen atoms in total. The fourth-order valence-corrected chi connectivity index (χ4v) is 2.24. The van der Waals surface area contributed by atoms with E-state index >= 15 is 0 Å². The number of nitrogens with zero attached hydrogens (tertiary/aromatic N) is 2. The zero-order valence-electron chi connectivity index (χ0n) is 9.27. The van der Waals surface area contributed by atoms with Crippen molar-refractivity contribution in [1.82, 2.24) is 24.7 Å². The Morgan fingerprint density at radius 1 is 1.41 bits per heavy atom. The molecule has 2 aromatic heterocycles. The molecule has 92 valence electrons. The lowest BCUT2D eigenvalue weighted by molar-refractivity contribution is 0.577. The maximum Gasteiger partial charge on any atom is 0.257 e. The van der Waals surface area contributed by atoms with E-state index in [1.54, 1.807) is 6.20 Å². The average Bonchev–Trinajstić information content (AvgIpc) is 2.98. The van der Waals surface area contributed by atoms with Crippen molar-refractivity contribution in [3.8, 4) is 0 Å². The smallest absolute Gasteiger partial charge is 0.257 e. The van der Waals surface area contributed by atoms with E-state index in [9.17, 15) is 8.42 Å². The number of imidazole rings is 2. The standard InChI is InChI=1S/C9H13N5O2S/c1-2-8-11-5-9(14-8)17(15,16)13-4-7-3-10-6-12-7/h3,5-6,13H,2,4H2,1H3,(H,10,12)(H,11,14). The van der Waals surface area contributed by atoms with Crippen molar-refractivity contribution < 1.29 is 8.42 Å². The van der Waals surface area contributed by atoms with Crippen LogP contribution in [-0.4, -0.2) is 28.4 Å². The topological polar surface area (TPSA) is 104 Å². The highest BCUT2D eigenvalue weighted by atomic mass is 32.2. The number of sulfonamides is 1. The van der Waals surface area contributed by atoms with Gasteiger partial charge in [0.2, 0.25) is 0 Å². The van der Waals surface area contributed by atoms with Crippen molar-refractivity contribution in [2.24, 2.45) is 0 Å². The Kier molecular flexibility index (Phi) is 3.25. The Bertz CT molecular complexity index is 572. The van der Waals surface area contributed by atoms with Crippen LogP contribution in [0.4, 0.5) is 0 Å². The van der Waals surface area contributed by atoms with Crippen LogP contribution in [-0.2, 0) is 23.0 Å². The van der Waals surface area contributed by atoms with Crippen molar-refractivity contribution in [3.63, 3.8) is 0 Å². The summed E-state index contributed by atoms with van der Waals surface area (Å²) in [4.78, 5) is 13.3. The number of rotatable bonds is 5. The highest BCUT2D eigenvalue weighted by Crippen LogP contribution is 2.06. The second-order valence-electron chi connectivity index (χ2n) is 3.45. The molecule has 0 unspecified atom stereocenters. The van der Waals surface area contributed by atoms with Crippen molar-refractivity contribution in [3.05, 3.63) is 30.2 Å². The Hall–Kier alpha value is -1.67. The first-order valence-electron chi connectivity index (χ1n) is 5.12. The highest BCUT2D eigenvalue weighted by Gasteiger charge is 2.16. The van der Waals surface area contributed by atoms with Crippen LogP contribution in [0.5, 0.6) is 0 Å². The molecule has 0 fully saturated rings. The minimum Gasteiger partial charge on any atom is -0.347 e. The lowest BCUT2D eigenvalue weighted by Crippen LogP contribution is -2.23. The molecule has 8 heteroatoms. The molecule has 2 rings (SSSR count). The molecule has 17 heavy (non-hydrogen) atoms. The molecule has 0 amide bonds. The second kappa shape index (κ2) is 4.68. The van der Waals surface area contributed by atoms with Gasteiger partial charge in [0.1, 0.15) is 5.82 Å². The molecule has 0 aliphatic heterocycles. The number of aryl methyl sites for hydroxylation is 1. The van der Waals surface area contributed by atoms with Crippen LogP contribution >= 0.6 is 0 Å². The van der Waals surface area contributed by atoms with Gasteiger partial charge in [-0.15, -0.1) is 0 Å². The normalized spacial score (nSPS) is 11.8. The monoisotopic (exact) mass is 255 g/mol. The summed E-state index contributed by atoms with van der Waals surface area (Å²) in [5, 5.41) is 0.0777. The number of aromatic amines is 2. The van der Waals surface area contributed by atoms with Crippen LogP contribution < -0.4 is 4.72 Å². The maximum atomic E-state index is 11.8. The van der Waals surface area contributed by atoms with E-state index in [4.69, 9.17) is 0 Å². The van der Waals surface area contributed by atoms with Crippen LogP contribution in [0.15, 0.2) is 23.7 Å². The summed E-state index contributed by atoms with van der Waals surface area (Å²) in [6.07, 6.45) is 5.03. The Morgan fingerprint density at radius 2 is 2.24 bits per heavy atom. The van der Waals surface area contributed by atoms with Crippen LogP contribution in [0, 0.1) is 0 Å². The number of hydrogen-bond donors (Lipinski definition) is 3. The Labute approximate surface area is 98.8 Å². The van der Waals surface area contributed by atoms with Crippen molar-refractivity contribution in [2.45, 2.75) is 24.9 Å². The summed E-state index contributed by atoms with van der Waals surface area (Å²) in [6, 6.07) is 0. The molecular formula is C9H13N5O2S. The fourth-order valence-electron chi connectivity index (χ4n) is 1.29. The first-order valence-corrected chi connectivity index (χ1v) is 6.61. The predicted octanol–water partition coefficient (Wildman–Crippen LogP) is 0.174. The summed E-state index contributed by atoms with van der Waals surface area (Å²) in [7, 11) is -3.54. The van der Waals surface area contributed by atoms with Gasteiger partial charge < -0.3 is 9.97 Å². The predicted molar refractivity (Wildman–Crippen MR) is 60.6 cm³/mol. The summed E-state index contributed by atoms with van der Waals surface area (Å²) in [6.45, 7) is 2.07.